The Morgan fingerprint density at radius 2 is 1.93 bits per heavy atom. The van der Waals surface area contributed by atoms with E-state index in [1.54, 1.807) is 0 Å². The van der Waals surface area contributed by atoms with Gasteiger partial charge < -0.3 is 15.3 Å². The molecular formula is C25H38O4. The fraction of sp³-hybridized carbons (Fsp3) is 0.800. The zero-order valence-electron chi connectivity index (χ0n) is 18.2. The lowest BCUT2D eigenvalue weighted by atomic mass is 9.39. The van der Waals surface area contributed by atoms with E-state index in [0.29, 0.717) is 18.3 Å². The lowest BCUT2D eigenvalue weighted by Crippen LogP contribution is -2.60. The van der Waals surface area contributed by atoms with Crippen molar-refractivity contribution in [2.24, 2.45) is 35.0 Å². The highest BCUT2D eigenvalue weighted by Crippen LogP contribution is 2.67. The van der Waals surface area contributed by atoms with E-state index >= 15 is 0 Å². The second kappa shape index (κ2) is 9.23. The van der Waals surface area contributed by atoms with Crippen LogP contribution in [-0.2, 0) is 4.79 Å². The molecule has 0 aromatic rings. The quantitative estimate of drug-likeness (QED) is 0.470. The summed E-state index contributed by atoms with van der Waals surface area (Å²) in [6.07, 6.45) is 9.21. The summed E-state index contributed by atoms with van der Waals surface area (Å²) < 4.78 is 0. The van der Waals surface area contributed by atoms with Crippen LogP contribution in [0.2, 0.25) is 0 Å². The standard InChI is InChI=1S/C25H38O4/c1-16(2)25-15-14-22(27)19(12-13-21(26)18-8-5-4-6-9-18)24(25)17(3)20(25)10-7-11-23(28)29/h10,16-19,21-22,24,26-27H,4-9,11,14-15H2,1-3H3,(H,28,29)/t17?,19-,21?,22+,24+,25-/m0/s1. The minimum atomic E-state index is -0.761. The van der Waals surface area contributed by atoms with Crippen molar-refractivity contribution in [3.63, 3.8) is 0 Å². The fourth-order valence-corrected chi connectivity index (χ4v) is 6.58. The van der Waals surface area contributed by atoms with Crippen LogP contribution in [0, 0.1) is 46.8 Å². The number of aliphatic hydroxyl groups is 2. The predicted molar refractivity (Wildman–Crippen MR) is 114 cm³/mol. The number of hydrogen-bond donors (Lipinski definition) is 3. The summed E-state index contributed by atoms with van der Waals surface area (Å²) in [5.74, 6) is 6.86. The molecule has 0 saturated heterocycles. The summed E-state index contributed by atoms with van der Waals surface area (Å²) in [4.78, 5) is 10.9. The molecule has 4 heteroatoms. The molecular weight excluding hydrogens is 364 g/mol. The minimum Gasteiger partial charge on any atom is -0.481 e. The molecule has 2 unspecified atom stereocenters. The Balaban J connectivity index is 1.81. The van der Waals surface area contributed by atoms with Crippen LogP contribution in [0.3, 0.4) is 0 Å². The molecule has 4 nitrogen and oxygen atoms in total. The molecule has 0 bridgehead atoms. The summed E-state index contributed by atoms with van der Waals surface area (Å²) in [5, 5.41) is 30.4. The van der Waals surface area contributed by atoms with E-state index in [1.165, 1.54) is 24.8 Å². The van der Waals surface area contributed by atoms with E-state index in [0.717, 1.165) is 25.7 Å². The van der Waals surface area contributed by atoms with Crippen molar-refractivity contribution in [1.29, 1.82) is 0 Å². The molecule has 3 rings (SSSR count). The number of allylic oxidation sites excluding steroid dienone is 2. The zero-order chi connectivity index (χ0) is 21.2. The highest BCUT2D eigenvalue weighted by atomic mass is 16.4. The largest absolute Gasteiger partial charge is 0.481 e. The number of carbonyl (C=O) groups is 1. The van der Waals surface area contributed by atoms with Gasteiger partial charge in [0, 0.05) is 6.42 Å². The number of aliphatic hydroxyl groups excluding tert-OH is 2. The maximum atomic E-state index is 10.9. The second-order valence-corrected chi connectivity index (χ2v) is 9.86. The molecule has 0 spiro atoms. The number of carboxylic acids is 1. The van der Waals surface area contributed by atoms with E-state index in [-0.39, 0.29) is 29.6 Å². The van der Waals surface area contributed by atoms with Gasteiger partial charge in [0.05, 0.1) is 12.0 Å². The van der Waals surface area contributed by atoms with Gasteiger partial charge in [-0.05, 0) is 61.2 Å². The summed E-state index contributed by atoms with van der Waals surface area (Å²) >= 11 is 0. The predicted octanol–water partition coefficient (Wildman–Crippen LogP) is 4.40. The molecule has 0 amide bonds. The molecule has 0 aliphatic heterocycles. The Hall–Kier alpha value is -1.31. The molecule has 29 heavy (non-hydrogen) atoms. The van der Waals surface area contributed by atoms with Gasteiger partial charge in [-0.25, -0.2) is 0 Å². The van der Waals surface area contributed by atoms with Gasteiger partial charge in [-0.1, -0.05) is 63.5 Å². The summed E-state index contributed by atoms with van der Waals surface area (Å²) in [6, 6.07) is 0. The number of carboxylic acid groups (broad SMARTS) is 1. The van der Waals surface area contributed by atoms with Crippen molar-refractivity contribution in [2.75, 3.05) is 0 Å². The van der Waals surface area contributed by atoms with Gasteiger partial charge in [0.1, 0.15) is 6.10 Å². The lowest BCUT2D eigenvalue weighted by Gasteiger charge is -2.64. The first-order chi connectivity index (χ1) is 13.8. The first kappa shape index (κ1) is 22.4. The summed E-state index contributed by atoms with van der Waals surface area (Å²) in [6.45, 7) is 6.67. The van der Waals surface area contributed by atoms with Gasteiger partial charge in [-0.3, -0.25) is 4.79 Å². The third kappa shape index (κ3) is 4.28. The Morgan fingerprint density at radius 3 is 2.55 bits per heavy atom. The van der Waals surface area contributed by atoms with Gasteiger partial charge in [0.2, 0.25) is 0 Å². The van der Waals surface area contributed by atoms with Crippen LogP contribution in [0.1, 0.15) is 78.6 Å². The van der Waals surface area contributed by atoms with Crippen LogP contribution in [0.25, 0.3) is 0 Å². The highest BCUT2D eigenvalue weighted by Gasteiger charge is 2.62. The molecule has 0 radical (unpaired) electrons. The van der Waals surface area contributed by atoms with Crippen LogP contribution in [0.15, 0.2) is 11.6 Å². The van der Waals surface area contributed by atoms with Crippen molar-refractivity contribution in [1.82, 2.24) is 0 Å². The van der Waals surface area contributed by atoms with Gasteiger partial charge in [-0.2, -0.15) is 0 Å². The van der Waals surface area contributed by atoms with E-state index in [1.807, 2.05) is 0 Å². The van der Waals surface area contributed by atoms with Crippen molar-refractivity contribution >= 4 is 5.97 Å². The third-order valence-corrected chi connectivity index (χ3v) is 8.06. The van der Waals surface area contributed by atoms with E-state index in [4.69, 9.17) is 5.11 Å². The maximum Gasteiger partial charge on any atom is 0.303 e. The smallest absolute Gasteiger partial charge is 0.303 e. The monoisotopic (exact) mass is 402 g/mol. The average molecular weight is 403 g/mol. The molecule has 0 heterocycles. The third-order valence-electron chi connectivity index (χ3n) is 8.06. The SMILES string of the molecule is CC1C(=CCCC(=O)O)[C@@]2(C(C)C)CC[C@@H](O)[C@H](C#CC(O)C3CCCCC3)[C@@H]12. The lowest BCUT2D eigenvalue weighted by molar-refractivity contribution is -0.136. The summed E-state index contributed by atoms with van der Waals surface area (Å²) in [5.41, 5.74) is 1.37. The van der Waals surface area contributed by atoms with Crippen LogP contribution in [-0.4, -0.2) is 33.5 Å². The maximum absolute atomic E-state index is 10.9. The number of rotatable bonds is 5. The molecule has 162 valence electrons. The van der Waals surface area contributed by atoms with Gasteiger partial charge >= 0.3 is 5.97 Å². The van der Waals surface area contributed by atoms with Gasteiger partial charge in [-0.15, -0.1) is 0 Å². The highest BCUT2D eigenvalue weighted by molar-refractivity contribution is 5.66. The summed E-state index contributed by atoms with van der Waals surface area (Å²) in [7, 11) is 0. The molecule has 3 aliphatic rings. The van der Waals surface area contributed by atoms with Crippen LogP contribution < -0.4 is 0 Å². The first-order valence-electron chi connectivity index (χ1n) is 11.6. The molecule has 3 saturated carbocycles. The molecule has 0 aromatic heterocycles. The second-order valence-electron chi connectivity index (χ2n) is 9.86. The van der Waals surface area contributed by atoms with E-state index < -0.39 is 18.2 Å². The van der Waals surface area contributed by atoms with Crippen molar-refractivity contribution in [3.8, 4) is 11.8 Å². The Kier molecular flexibility index (Phi) is 7.12. The normalized spacial score (nSPS) is 37.4. The molecule has 6 atom stereocenters. The Labute approximate surface area is 175 Å². The van der Waals surface area contributed by atoms with E-state index in [2.05, 4.69) is 38.7 Å². The first-order valence-corrected chi connectivity index (χ1v) is 11.6. The molecule has 0 aromatic carbocycles. The average Bonchev–Trinajstić information content (AvgIpc) is 2.70. The van der Waals surface area contributed by atoms with Crippen molar-refractivity contribution in [3.05, 3.63) is 11.6 Å². The number of aliphatic carboxylic acids is 1. The molecule has 3 aliphatic carbocycles. The van der Waals surface area contributed by atoms with Crippen molar-refractivity contribution < 1.29 is 20.1 Å². The van der Waals surface area contributed by atoms with Gasteiger partial charge in [0.25, 0.3) is 0 Å². The Bertz CT molecular complexity index is 679. The topological polar surface area (TPSA) is 77.8 Å². The number of hydrogen-bond acceptors (Lipinski definition) is 3. The zero-order valence-corrected chi connectivity index (χ0v) is 18.2. The van der Waals surface area contributed by atoms with Crippen LogP contribution in [0.4, 0.5) is 0 Å². The number of fused-ring (bicyclic) bond motifs is 1. The Morgan fingerprint density at radius 1 is 1.24 bits per heavy atom. The molecule has 3 fully saturated rings. The molecule has 3 N–H and O–H groups in total. The fourth-order valence-electron chi connectivity index (χ4n) is 6.58. The minimum absolute atomic E-state index is 0.00624. The van der Waals surface area contributed by atoms with Crippen molar-refractivity contribution in [2.45, 2.75) is 90.8 Å². The van der Waals surface area contributed by atoms with Gasteiger partial charge in [0.15, 0.2) is 0 Å². The van der Waals surface area contributed by atoms with E-state index in [9.17, 15) is 15.0 Å². The van der Waals surface area contributed by atoms with Crippen LogP contribution in [0.5, 0.6) is 0 Å². The van der Waals surface area contributed by atoms with Crippen LogP contribution >= 0.6 is 0 Å².